The summed E-state index contributed by atoms with van der Waals surface area (Å²) in [5, 5.41) is 0. The molecule has 90 valence electrons. The molecule has 1 unspecified atom stereocenters. The maximum atomic E-state index is 5.66. The standard InChI is InChI=1S/C14H18N2O/c1-9-7-10(2)13(11(3)8-9)14(16-15)12-5-4-6-17-12/h4-8,14,16H,15H2,1-3H3. The van der Waals surface area contributed by atoms with Crippen molar-refractivity contribution in [2.24, 2.45) is 5.84 Å². The largest absolute Gasteiger partial charge is 0.467 e. The van der Waals surface area contributed by atoms with Gasteiger partial charge in [-0.2, -0.15) is 0 Å². The molecule has 0 aliphatic rings. The number of hydrogen-bond acceptors (Lipinski definition) is 3. The summed E-state index contributed by atoms with van der Waals surface area (Å²) < 4.78 is 5.44. The fourth-order valence-corrected chi connectivity index (χ4v) is 2.41. The normalized spacial score (nSPS) is 12.7. The molecule has 0 aliphatic carbocycles. The molecule has 3 heteroatoms. The van der Waals surface area contributed by atoms with Gasteiger partial charge in [0.1, 0.15) is 11.8 Å². The minimum absolute atomic E-state index is 0.0920. The first-order valence-electron chi connectivity index (χ1n) is 5.70. The Morgan fingerprint density at radius 1 is 1.18 bits per heavy atom. The summed E-state index contributed by atoms with van der Waals surface area (Å²) in [4.78, 5) is 0. The van der Waals surface area contributed by atoms with Gasteiger partial charge < -0.3 is 4.42 Å². The Labute approximate surface area is 102 Å². The number of hydrogen-bond donors (Lipinski definition) is 2. The van der Waals surface area contributed by atoms with Gasteiger partial charge in [0.05, 0.1) is 6.26 Å². The van der Waals surface area contributed by atoms with Crippen molar-refractivity contribution in [3.05, 3.63) is 58.5 Å². The Hall–Kier alpha value is -1.58. The summed E-state index contributed by atoms with van der Waals surface area (Å²) in [6.45, 7) is 6.30. The van der Waals surface area contributed by atoms with Crippen molar-refractivity contribution in [2.75, 3.05) is 0 Å². The van der Waals surface area contributed by atoms with Gasteiger partial charge in [0.2, 0.25) is 0 Å². The first-order valence-corrected chi connectivity index (χ1v) is 5.70. The molecule has 0 fully saturated rings. The molecule has 0 spiro atoms. The average Bonchev–Trinajstić information content (AvgIpc) is 2.76. The van der Waals surface area contributed by atoms with Crippen LogP contribution in [0.1, 0.15) is 34.1 Å². The summed E-state index contributed by atoms with van der Waals surface area (Å²) in [5.74, 6) is 6.50. The van der Waals surface area contributed by atoms with E-state index < -0.39 is 0 Å². The van der Waals surface area contributed by atoms with Gasteiger partial charge in [-0.05, 0) is 49.6 Å². The van der Waals surface area contributed by atoms with Crippen molar-refractivity contribution in [3.8, 4) is 0 Å². The predicted molar refractivity (Wildman–Crippen MR) is 68.5 cm³/mol. The molecule has 1 aromatic carbocycles. The minimum atomic E-state index is -0.0920. The molecule has 3 nitrogen and oxygen atoms in total. The number of aryl methyl sites for hydroxylation is 3. The van der Waals surface area contributed by atoms with Crippen LogP contribution in [-0.2, 0) is 0 Å². The third-order valence-electron chi connectivity index (χ3n) is 3.02. The molecule has 0 amide bonds. The maximum absolute atomic E-state index is 5.66. The van der Waals surface area contributed by atoms with Crippen LogP contribution in [0.5, 0.6) is 0 Å². The molecule has 1 heterocycles. The van der Waals surface area contributed by atoms with E-state index in [1.807, 2.05) is 12.1 Å². The third kappa shape index (κ3) is 2.25. The van der Waals surface area contributed by atoms with Crippen LogP contribution in [0.2, 0.25) is 0 Å². The number of furan rings is 1. The van der Waals surface area contributed by atoms with E-state index in [9.17, 15) is 0 Å². The maximum Gasteiger partial charge on any atom is 0.126 e. The fourth-order valence-electron chi connectivity index (χ4n) is 2.41. The third-order valence-corrected chi connectivity index (χ3v) is 3.02. The second-order valence-electron chi connectivity index (χ2n) is 4.43. The van der Waals surface area contributed by atoms with Gasteiger partial charge >= 0.3 is 0 Å². The fraction of sp³-hybridized carbons (Fsp3) is 0.286. The monoisotopic (exact) mass is 230 g/mol. The molecule has 0 bridgehead atoms. The first kappa shape index (κ1) is 11.9. The van der Waals surface area contributed by atoms with Crippen LogP contribution in [0.15, 0.2) is 34.9 Å². The first-order chi connectivity index (χ1) is 8.13. The van der Waals surface area contributed by atoms with Crippen molar-refractivity contribution in [2.45, 2.75) is 26.8 Å². The van der Waals surface area contributed by atoms with E-state index in [0.717, 1.165) is 5.76 Å². The molecule has 0 saturated carbocycles. The molecule has 1 aromatic heterocycles. The van der Waals surface area contributed by atoms with Crippen LogP contribution in [-0.4, -0.2) is 0 Å². The zero-order valence-corrected chi connectivity index (χ0v) is 10.4. The Balaban J connectivity index is 2.52. The summed E-state index contributed by atoms with van der Waals surface area (Å²) in [7, 11) is 0. The molecule has 2 aromatic rings. The highest BCUT2D eigenvalue weighted by molar-refractivity contribution is 5.42. The molecular formula is C14H18N2O. The summed E-state index contributed by atoms with van der Waals surface area (Å²) in [5.41, 5.74) is 7.73. The quantitative estimate of drug-likeness (QED) is 0.629. The molecule has 0 aliphatic heterocycles. The van der Waals surface area contributed by atoms with Gasteiger partial charge in [0, 0.05) is 0 Å². The van der Waals surface area contributed by atoms with Crippen molar-refractivity contribution in [3.63, 3.8) is 0 Å². The lowest BCUT2D eigenvalue weighted by Gasteiger charge is -2.19. The topological polar surface area (TPSA) is 51.2 Å². The summed E-state index contributed by atoms with van der Waals surface area (Å²) in [6, 6.07) is 8.04. The van der Waals surface area contributed by atoms with Crippen LogP contribution in [0.3, 0.4) is 0 Å². The van der Waals surface area contributed by atoms with E-state index in [4.69, 9.17) is 10.3 Å². The lowest BCUT2D eigenvalue weighted by molar-refractivity contribution is 0.450. The zero-order chi connectivity index (χ0) is 12.4. The smallest absolute Gasteiger partial charge is 0.126 e. The van der Waals surface area contributed by atoms with E-state index in [1.165, 1.54) is 22.3 Å². The lowest BCUT2D eigenvalue weighted by Crippen LogP contribution is -2.29. The van der Waals surface area contributed by atoms with Crippen LogP contribution in [0.4, 0.5) is 0 Å². The predicted octanol–water partition coefficient (Wildman–Crippen LogP) is 2.76. The lowest BCUT2D eigenvalue weighted by atomic mass is 9.93. The Morgan fingerprint density at radius 2 is 1.82 bits per heavy atom. The highest BCUT2D eigenvalue weighted by atomic mass is 16.3. The van der Waals surface area contributed by atoms with Crippen LogP contribution in [0.25, 0.3) is 0 Å². The van der Waals surface area contributed by atoms with Gasteiger partial charge in [-0.1, -0.05) is 17.7 Å². The molecule has 1 atom stereocenters. The average molecular weight is 230 g/mol. The van der Waals surface area contributed by atoms with E-state index in [-0.39, 0.29) is 6.04 Å². The molecule has 0 saturated heterocycles. The van der Waals surface area contributed by atoms with Gasteiger partial charge in [0.15, 0.2) is 0 Å². The number of nitrogens with two attached hydrogens (primary N) is 1. The SMILES string of the molecule is Cc1cc(C)c(C(NN)c2ccco2)c(C)c1. The second kappa shape index (κ2) is 4.73. The summed E-state index contributed by atoms with van der Waals surface area (Å²) >= 11 is 0. The zero-order valence-electron chi connectivity index (χ0n) is 10.4. The van der Waals surface area contributed by atoms with Gasteiger partial charge in [-0.25, -0.2) is 5.43 Å². The van der Waals surface area contributed by atoms with E-state index in [0.29, 0.717) is 0 Å². The highest BCUT2D eigenvalue weighted by Crippen LogP contribution is 2.28. The Morgan fingerprint density at radius 3 is 2.29 bits per heavy atom. The van der Waals surface area contributed by atoms with Crippen molar-refractivity contribution in [1.29, 1.82) is 0 Å². The molecule has 0 radical (unpaired) electrons. The van der Waals surface area contributed by atoms with Crippen molar-refractivity contribution < 1.29 is 4.42 Å². The molecule has 17 heavy (non-hydrogen) atoms. The van der Waals surface area contributed by atoms with Crippen LogP contribution in [0, 0.1) is 20.8 Å². The number of benzene rings is 1. The van der Waals surface area contributed by atoms with E-state index >= 15 is 0 Å². The van der Waals surface area contributed by atoms with Gasteiger partial charge in [0.25, 0.3) is 0 Å². The van der Waals surface area contributed by atoms with Gasteiger partial charge in [-0.3, -0.25) is 5.84 Å². The molecule has 3 N–H and O–H groups in total. The number of rotatable bonds is 3. The van der Waals surface area contributed by atoms with Gasteiger partial charge in [-0.15, -0.1) is 0 Å². The van der Waals surface area contributed by atoms with E-state index in [2.05, 4.69) is 38.3 Å². The van der Waals surface area contributed by atoms with Crippen LogP contribution < -0.4 is 11.3 Å². The van der Waals surface area contributed by atoms with Crippen LogP contribution >= 0.6 is 0 Å². The minimum Gasteiger partial charge on any atom is -0.467 e. The second-order valence-corrected chi connectivity index (χ2v) is 4.43. The van der Waals surface area contributed by atoms with Crippen molar-refractivity contribution in [1.82, 2.24) is 5.43 Å². The summed E-state index contributed by atoms with van der Waals surface area (Å²) in [6.07, 6.45) is 1.67. The highest BCUT2D eigenvalue weighted by Gasteiger charge is 2.19. The molecular weight excluding hydrogens is 212 g/mol. The van der Waals surface area contributed by atoms with Crippen molar-refractivity contribution >= 4 is 0 Å². The number of nitrogens with one attached hydrogen (secondary N) is 1. The Bertz CT molecular complexity index is 480. The van der Waals surface area contributed by atoms with E-state index in [1.54, 1.807) is 6.26 Å². The Kier molecular flexibility index (Phi) is 3.31. The molecule has 2 rings (SSSR count). The number of hydrazine groups is 1.